The molecule has 1 aliphatic heterocycles. The molecule has 0 N–H and O–H groups in total. The van der Waals surface area contributed by atoms with E-state index in [1.807, 2.05) is 16.8 Å². The average Bonchev–Trinajstić information content (AvgIpc) is 3.55. The molecule has 0 aliphatic carbocycles. The van der Waals surface area contributed by atoms with E-state index in [1.165, 1.54) is 11.8 Å². The molecule has 0 radical (unpaired) electrons. The van der Waals surface area contributed by atoms with Crippen molar-refractivity contribution in [2.24, 2.45) is 0 Å². The van der Waals surface area contributed by atoms with Crippen molar-refractivity contribution < 1.29 is 9.26 Å². The quantitative estimate of drug-likeness (QED) is 0.278. The van der Waals surface area contributed by atoms with Gasteiger partial charge in [0.15, 0.2) is 11.0 Å². The molecule has 5 rings (SSSR count). The number of aromatic nitrogens is 4. The van der Waals surface area contributed by atoms with E-state index in [2.05, 4.69) is 24.0 Å². The highest BCUT2D eigenvalue weighted by molar-refractivity contribution is 7.98. The van der Waals surface area contributed by atoms with Crippen LogP contribution < -0.4 is 5.56 Å². The Hall–Kier alpha value is -2.01. The Morgan fingerprint density at radius 1 is 1.35 bits per heavy atom. The minimum absolute atomic E-state index is 0.0243. The van der Waals surface area contributed by atoms with Crippen molar-refractivity contribution in [1.29, 1.82) is 0 Å². The lowest BCUT2D eigenvalue weighted by atomic mass is 10.1. The van der Waals surface area contributed by atoms with Gasteiger partial charge in [0, 0.05) is 16.9 Å². The fraction of sp³-hybridized carbons (Fsp3) is 0.429. The summed E-state index contributed by atoms with van der Waals surface area (Å²) in [5.74, 6) is 1.57. The number of hydrogen-bond donors (Lipinski definition) is 0. The van der Waals surface area contributed by atoms with Crippen LogP contribution in [0.2, 0.25) is 0 Å². The van der Waals surface area contributed by atoms with E-state index in [0.717, 1.165) is 52.1 Å². The van der Waals surface area contributed by atoms with Crippen LogP contribution in [0.1, 0.15) is 36.0 Å². The molecule has 162 valence electrons. The lowest BCUT2D eigenvalue weighted by molar-refractivity contribution is 0.0937. The van der Waals surface area contributed by atoms with Crippen LogP contribution in [-0.4, -0.2) is 32.4 Å². The second-order valence-corrected chi connectivity index (χ2v) is 10.4. The number of thiophene rings is 2. The SMILES string of the molecule is CCc1c(C)sc2nc(SCc3noc(-c4ccsc4)n3)n(CC3CCCO3)c(=O)c12. The second-order valence-electron chi connectivity index (χ2n) is 7.43. The van der Waals surface area contributed by atoms with Crippen molar-refractivity contribution in [1.82, 2.24) is 19.7 Å². The minimum Gasteiger partial charge on any atom is -0.376 e. The maximum absolute atomic E-state index is 13.5. The third-order valence-corrected chi connectivity index (χ3v) is 8.10. The summed E-state index contributed by atoms with van der Waals surface area (Å²) in [7, 11) is 0. The Bertz CT molecular complexity index is 1250. The first-order chi connectivity index (χ1) is 15.1. The fourth-order valence-corrected chi connectivity index (χ4v) is 6.50. The van der Waals surface area contributed by atoms with Crippen LogP contribution in [0, 0.1) is 6.92 Å². The monoisotopic (exact) mass is 474 g/mol. The summed E-state index contributed by atoms with van der Waals surface area (Å²) in [5, 5.41) is 9.48. The van der Waals surface area contributed by atoms with Gasteiger partial charge in [-0.25, -0.2) is 4.98 Å². The van der Waals surface area contributed by atoms with E-state index in [-0.39, 0.29) is 11.7 Å². The molecular formula is C21H22N4O3S3. The van der Waals surface area contributed by atoms with Crippen LogP contribution in [0.25, 0.3) is 21.7 Å². The predicted octanol–water partition coefficient (Wildman–Crippen LogP) is 4.91. The van der Waals surface area contributed by atoms with Crippen molar-refractivity contribution in [3.05, 3.63) is 43.4 Å². The van der Waals surface area contributed by atoms with Gasteiger partial charge in [-0.05, 0) is 43.2 Å². The van der Waals surface area contributed by atoms with Crippen molar-refractivity contribution >= 4 is 44.7 Å². The number of thioether (sulfide) groups is 1. The number of ether oxygens (including phenoxy) is 1. The van der Waals surface area contributed by atoms with Crippen molar-refractivity contribution in [3.63, 3.8) is 0 Å². The molecule has 0 spiro atoms. The topological polar surface area (TPSA) is 83.0 Å². The van der Waals surface area contributed by atoms with Gasteiger partial charge >= 0.3 is 0 Å². The number of hydrogen-bond acceptors (Lipinski definition) is 9. The first-order valence-corrected chi connectivity index (χ1v) is 13.0. The Morgan fingerprint density at radius 3 is 3.00 bits per heavy atom. The van der Waals surface area contributed by atoms with Gasteiger partial charge in [-0.1, -0.05) is 23.8 Å². The second kappa shape index (κ2) is 8.85. The molecule has 0 saturated carbocycles. The van der Waals surface area contributed by atoms with Gasteiger partial charge in [0.2, 0.25) is 0 Å². The molecular weight excluding hydrogens is 452 g/mol. The smallest absolute Gasteiger partial charge is 0.263 e. The number of aryl methyl sites for hydroxylation is 2. The lowest BCUT2D eigenvalue weighted by Gasteiger charge is -2.15. The Kier molecular flexibility index (Phi) is 5.96. The first kappa shape index (κ1) is 20.9. The molecule has 0 bridgehead atoms. The van der Waals surface area contributed by atoms with Gasteiger partial charge in [0.05, 0.1) is 29.4 Å². The molecule has 1 fully saturated rings. The highest BCUT2D eigenvalue weighted by atomic mass is 32.2. The summed E-state index contributed by atoms with van der Waals surface area (Å²) >= 11 is 4.64. The molecule has 4 aromatic rings. The summed E-state index contributed by atoms with van der Waals surface area (Å²) in [6.45, 7) is 5.42. The summed E-state index contributed by atoms with van der Waals surface area (Å²) in [6.07, 6.45) is 2.87. The van der Waals surface area contributed by atoms with E-state index >= 15 is 0 Å². The van der Waals surface area contributed by atoms with Crippen LogP contribution >= 0.6 is 34.4 Å². The Balaban J connectivity index is 1.48. The van der Waals surface area contributed by atoms with Crippen LogP contribution in [0.15, 0.2) is 31.3 Å². The molecule has 5 heterocycles. The van der Waals surface area contributed by atoms with Crippen molar-refractivity contribution in [2.45, 2.75) is 56.7 Å². The van der Waals surface area contributed by atoms with Gasteiger partial charge in [0.25, 0.3) is 11.4 Å². The first-order valence-electron chi connectivity index (χ1n) is 10.3. The van der Waals surface area contributed by atoms with Crippen LogP contribution in [0.5, 0.6) is 0 Å². The molecule has 0 amide bonds. The van der Waals surface area contributed by atoms with Crippen LogP contribution in [0.3, 0.4) is 0 Å². The van der Waals surface area contributed by atoms with E-state index in [9.17, 15) is 4.79 Å². The summed E-state index contributed by atoms with van der Waals surface area (Å²) < 4.78 is 13.0. The van der Waals surface area contributed by atoms with Gasteiger partial charge in [-0.3, -0.25) is 9.36 Å². The van der Waals surface area contributed by atoms with Crippen LogP contribution in [-0.2, 0) is 23.5 Å². The molecule has 1 aliphatic rings. The van der Waals surface area contributed by atoms with E-state index in [0.29, 0.717) is 29.2 Å². The highest BCUT2D eigenvalue weighted by Crippen LogP contribution is 2.31. The predicted molar refractivity (Wildman–Crippen MR) is 124 cm³/mol. The molecule has 10 heteroatoms. The third kappa shape index (κ3) is 4.09. The van der Waals surface area contributed by atoms with Gasteiger partial charge in [-0.2, -0.15) is 16.3 Å². The van der Waals surface area contributed by atoms with E-state index < -0.39 is 0 Å². The zero-order valence-corrected chi connectivity index (χ0v) is 19.7. The number of fused-ring (bicyclic) bond motifs is 1. The zero-order chi connectivity index (χ0) is 21.4. The summed E-state index contributed by atoms with van der Waals surface area (Å²) in [5.41, 5.74) is 2.05. The van der Waals surface area contributed by atoms with Crippen molar-refractivity contribution in [2.75, 3.05) is 6.61 Å². The fourth-order valence-electron chi connectivity index (χ4n) is 3.87. The summed E-state index contributed by atoms with van der Waals surface area (Å²) in [4.78, 5) is 24.8. The number of nitrogens with zero attached hydrogens (tertiary/aromatic N) is 4. The molecule has 0 aromatic carbocycles. The highest BCUT2D eigenvalue weighted by Gasteiger charge is 2.23. The third-order valence-electron chi connectivity index (χ3n) is 5.41. The van der Waals surface area contributed by atoms with Gasteiger partial charge in [0.1, 0.15) is 4.83 Å². The average molecular weight is 475 g/mol. The van der Waals surface area contributed by atoms with Gasteiger partial charge < -0.3 is 9.26 Å². The molecule has 31 heavy (non-hydrogen) atoms. The maximum atomic E-state index is 13.5. The zero-order valence-electron chi connectivity index (χ0n) is 17.3. The Labute approximate surface area is 191 Å². The molecule has 1 saturated heterocycles. The summed E-state index contributed by atoms with van der Waals surface area (Å²) in [6, 6.07) is 1.95. The van der Waals surface area contributed by atoms with Gasteiger partial charge in [-0.15, -0.1) is 11.3 Å². The standard InChI is InChI=1S/C21H22N4O3S3/c1-3-15-12(2)31-19-17(15)20(26)25(9-14-5-4-7-27-14)21(23-19)30-11-16-22-18(28-24-16)13-6-8-29-10-13/h6,8,10,14H,3-5,7,9,11H2,1-2H3. The number of rotatable bonds is 7. The Morgan fingerprint density at radius 2 is 2.26 bits per heavy atom. The normalized spacial score (nSPS) is 16.5. The van der Waals surface area contributed by atoms with Crippen molar-refractivity contribution in [3.8, 4) is 11.5 Å². The molecule has 4 aromatic heterocycles. The lowest BCUT2D eigenvalue weighted by Crippen LogP contribution is -2.29. The molecule has 1 unspecified atom stereocenters. The molecule has 1 atom stereocenters. The maximum Gasteiger partial charge on any atom is 0.263 e. The largest absolute Gasteiger partial charge is 0.376 e. The molecule has 7 nitrogen and oxygen atoms in total. The minimum atomic E-state index is 0.0243. The van der Waals surface area contributed by atoms with E-state index in [4.69, 9.17) is 14.2 Å². The van der Waals surface area contributed by atoms with Crippen LogP contribution in [0.4, 0.5) is 0 Å². The van der Waals surface area contributed by atoms with E-state index in [1.54, 1.807) is 27.2 Å².